The average Bonchev–Trinajstić information content (AvgIpc) is 0. The SMILES string of the molecule is [Cl-].[Cl-].[Cl-].[Cl-].[Ir+3]. The number of hydrogen-bond acceptors (Lipinski definition) is 0. The van der Waals surface area contributed by atoms with Crippen LogP contribution in [0.25, 0.3) is 0 Å². The molecule has 0 aliphatic rings. The summed E-state index contributed by atoms with van der Waals surface area (Å²) >= 11 is 0. The number of rotatable bonds is 0. The molecule has 0 aromatic heterocycles. The molecule has 0 radical (unpaired) electrons. The van der Waals surface area contributed by atoms with E-state index in [2.05, 4.69) is 0 Å². The molecular formula is Cl4Ir-. The minimum Gasteiger partial charge on any atom is -1.00 e. The first-order chi connectivity index (χ1) is 0. The zero-order valence-electron chi connectivity index (χ0n) is 1.85. The topological polar surface area (TPSA) is 0 Å². The van der Waals surface area contributed by atoms with Crippen molar-refractivity contribution in [2.24, 2.45) is 0 Å². The Morgan fingerprint density at radius 3 is 0.400 bits per heavy atom. The minimum absolute atomic E-state index is 0. The van der Waals surface area contributed by atoms with Gasteiger partial charge in [0.05, 0.1) is 0 Å². The summed E-state index contributed by atoms with van der Waals surface area (Å²) in [5.41, 5.74) is 0. The van der Waals surface area contributed by atoms with Crippen molar-refractivity contribution >= 4 is 0 Å². The van der Waals surface area contributed by atoms with Crippen LogP contribution in [0.3, 0.4) is 0 Å². The second-order valence-electron chi connectivity index (χ2n) is 0. The number of hydrogen-bond donors (Lipinski definition) is 0. The molecule has 0 saturated heterocycles. The molecular weight excluding hydrogens is 334 g/mol. The third-order valence-electron chi connectivity index (χ3n) is 0. The maximum Gasteiger partial charge on any atom is 3.00 e. The van der Waals surface area contributed by atoms with Gasteiger partial charge in [-0.1, -0.05) is 0 Å². The Kier molecular flexibility index (Phi) is 576. The Labute approximate surface area is 69.5 Å². The Balaban J connectivity index is 0. The van der Waals surface area contributed by atoms with Crippen molar-refractivity contribution in [1.82, 2.24) is 0 Å². The minimum atomic E-state index is 0. The van der Waals surface area contributed by atoms with Gasteiger partial charge in [0.25, 0.3) is 0 Å². The molecule has 0 saturated carbocycles. The van der Waals surface area contributed by atoms with Gasteiger partial charge in [0.15, 0.2) is 0 Å². The molecule has 0 aliphatic carbocycles. The van der Waals surface area contributed by atoms with Crippen molar-refractivity contribution in [3.8, 4) is 0 Å². The average molecular weight is 334 g/mol. The van der Waals surface area contributed by atoms with Gasteiger partial charge in [0, 0.05) is 0 Å². The second kappa shape index (κ2) is 41.0. The summed E-state index contributed by atoms with van der Waals surface area (Å²) in [5, 5.41) is 0. The first-order valence-corrected chi connectivity index (χ1v) is 0. The van der Waals surface area contributed by atoms with Gasteiger partial charge in [0.2, 0.25) is 0 Å². The first kappa shape index (κ1) is 70.2. The van der Waals surface area contributed by atoms with Crippen LogP contribution in [0.1, 0.15) is 0 Å². The molecule has 0 atom stereocenters. The fourth-order valence-electron chi connectivity index (χ4n) is 0. The summed E-state index contributed by atoms with van der Waals surface area (Å²) in [6.07, 6.45) is 0. The molecule has 0 N–H and O–H groups in total. The Morgan fingerprint density at radius 1 is 0.400 bits per heavy atom. The van der Waals surface area contributed by atoms with E-state index in [0.717, 1.165) is 0 Å². The van der Waals surface area contributed by atoms with Crippen LogP contribution in [-0.2, 0) is 20.1 Å². The van der Waals surface area contributed by atoms with E-state index >= 15 is 0 Å². The van der Waals surface area contributed by atoms with Crippen molar-refractivity contribution < 1.29 is 69.7 Å². The molecule has 5 heavy (non-hydrogen) atoms. The molecule has 5 heteroatoms. The van der Waals surface area contributed by atoms with Gasteiger partial charge in [-0.3, -0.25) is 0 Å². The van der Waals surface area contributed by atoms with Crippen molar-refractivity contribution in [1.29, 1.82) is 0 Å². The summed E-state index contributed by atoms with van der Waals surface area (Å²) in [7, 11) is 0. The predicted molar refractivity (Wildman–Crippen MR) is 0 cm³/mol. The summed E-state index contributed by atoms with van der Waals surface area (Å²) in [4.78, 5) is 0. The molecule has 0 unspecified atom stereocenters. The summed E-state index contributed by atoms with van der Waals surface area (Å²) in [6, 6.07) is 0. The Hall–Kier alpha value is 1.81. The van der Waals surface area contributed by atoms with Gasteiger partial charge >= 0.3 is 20.1 Å². The van der Waals surface area contributed by atoms with Crippen molar-refractivity contribution in [2.75, 3.05) is 0 Å². The molecule has 0 heterocycles. The van der Waals surface area contributed by atoms with E-state index in [1.54, 1.807) is 0 Å². The Morgan fingerprint density at radius 2 is 0.400 bits per heavy atom. The standard InChI is InChI=1S/4ClH.Ir/h4*1H;/q;;;;+3/p-4. The van der Waals surface area contributed by atoms with Gasteiger partial charge < -0.3 is 49.6 Å². The van der Waals surface area contributed by atoms with Crippen LogP contribution in [0.15, 0.2) is 0 Å². The smallest absolute Gasteiger partial charge is 1.00 e. The molecule has 0 aliphatic heterocycles. The molecule has 0 amide bonds. The van der Waals surface area contributed by atoms with Crippen LogP contribution < -0.4 is 49.6 Å². The van der Waals surface area contributed by atoms with Gasteiger partial charge in [-0.05, 0) is 0 Å². The van der Waals surface area contributed by atoms with E-state index < -0.39 is 0 Å². The van der Waals surface area contributed by atoms with Gasteiger partial charge in [-0.15, -0.1) is 0 Å². The van der Waals surface area contributed by atoms with E-state index in [4.69, 9.17) is 0 Å². The molecule has 0 fully saturated rings. The summed E-state index contributed by atoms with van der Waals surface area (Å²) in [5.74, 6) is 0. The maximum atomic E-state index is 0. The van der Waals surface area contributed by atoms with Crippen LogP contribution in [-0.4, -0.2) is 0 Å². The van der Waals surface area contributed by atoms with Gasteiger partial charge in [-0.25, -0.2) is 0 Å². The van der Waals surface area contributed by atoms with Crippen LogP contribution in [0.5, 0.6) is 0 Å². The molecule has 0 bridgehead atoms. The van der Waals surface area contributed by atoms with Gasteiger partial charge in [-0.2, -0.15) is 0 Å². The fourth-order valence-corrected chi connectivity index (χ4v) is 0. The quantitative estimate of drug-likeness (QED) is 0.413. The largest absolute Gasteiger partial charge is 3.00 e. The van der Waals surface area contributed by atoms with E-state index in [-0.39, 0.29) is 69.7 Å². The van der Waals surface area contributed by atoms with E-state index in [1.807, 2.05) is 0 Å². The third-order valence-corrected chi connectivity index (χ3v) is 0. The number of halogens is 4. The van der Waals surface area contributed by atoms with Crippen molar-refractivity contribution in [3.05, 3.63) is 0 Å². The normalized spacial score (nSPS) is 0. The first-order valence-electron chi connectivity index (χ1n) is 0. The zero-order valence-corrected chi connectivity index (χ0v) is 7.26. The van der Waals surface area contributed by atoms with Crippen LogP contribution in [0, 0.1) is 0 Å². The van der Waals surface area contributed by atoms with Crippen LogP contribution >= 0.6 is 0 Å². The van der Waals surface area contributed by atoms with E-state index in [1.165, 1.54) is 0 Å². The van der Waals surface area contributed by atoms with Gasteiger partial charge in [0.1, 0.15) is 0 Å². The monoisotopic (exact) mass is 333 g/mol. The third kappa shape index (κ3) is 25.8. The van der Waals surface area contributed by atoms with E-state index in [9.17, 15) is 0 Å². The van der Waals surface area contributed by atoms with Crippen LogP contribution in [0.4, 0.5) is 0 Å². The molecule has 0 spiro atoms. The molecule has 0 aromatic rings. The van der Waals surface area contributed by atoms with Crippen molar-refractivity contribution in [2.45, 2.75) is 0 Å². The Bertz CT molecular complexity index is 3.61. The van der Waals surface area contributed by atoms with Crippen LogP contribution in [0.2, 0.25) is 0 Å². The predicted octanol–water partition coefficient (Wildman–Crippen LogP) is -12.0. The van der Waals surface area contributed by atoms with Crippen molar-refractivity contribution in [3.63, 3.8) is 0 Å². The fraction of sp³-hybridized carbons (Fsp3) is 0. The summed E-state index contributed by atoms with van der Waals surface area (Å²) in [6.45, 7) is 0. The maximum absolute atomic E-state index is 0. The molecule has 38 valence electrons. The summed E-state index contributed by atoms with van der Waals surface area (Å²) < 4.78 is 0. The molecule has 0 nitrogen and oxygen atoms in total. The second-order valence-corrected chi connectivity index (χ2v) is 0. The zero-order chi connectivity index (χ0) is 0. The molecule has 0 aromatic carbocycles. The van der Waals surface area contributed by atoms with E-state index in [0.29, 0.717) is 0 Å². The molecule has 0 rings (SSSR count).